The number of unbranched alkanes of at least 4 members (excludes halogenated alkanes) is 8. The third kappa shape index (κ3) is 15.5. The lowest BCUT2D eigenvalue weighted by Gasteiger charge is -2.08. The summed E-state index contributed by atoms with van der Waals surface area (Å²) in [4.78, 5) is 37.6. The number of hydrogen-bond donors (Lipinski definition) is 3. The van der Waals surface area contributed by atoms with Gasteiger partial charge in [-0.3, -0.25) is 0 Å². The van der Waals surface area contributed by atoms with Gasteiger partial charge in [0.05, 0.1) is 6.61 Å². The molecule has 0 rings (SSSR count). The lowest BCUT2D eigenvalue weighted by molar-refractivity contribution is -0.139. The van der Waals surface area contributed by atoms with Gasteiger partial charge in [-0.15, -0.1) is 0 Å². The van der Waals surface area contributed by atoms with Gasteiger partial charge in [0.1, 0.15) is 0 Å². The van der Waals surface area contributed by atoms with E-state index in [1.165, 1.54) is 12.8 Å². The normalized spacial score (nSPS) is 11.4. The number of ether oxygens (including phenoxy) is 1. The molecule has 0 aliphatic heterocycles. The van der Waals surface area contributed by atoms with E-state index in [0.29, 0.717) is 18.6 Å². The minimum Gasteiger partial charge on any atom is -0.462 e. The SMILES string of the molecule is C=C(C)C(=O)OCCCCCCCCCCC[Si](O)(O)O. The topological polar surface area (TPSA) is 87.0 Å². The first-order chi connectivity index (χ1) is 9.83. The van der Waals surface area contributed by atoms with Gasteiger partial charge in [0.2, 0.25) is 0 Å². The predicted octanol–water partition coefficient (Wildman–Crippen LogP) is 2.53. The zero-order chi connectivity index (χ0) is 16.1. The van der Waals surface area contributed by atoms with Gasteiger partial charge in [-0.1, -0.05) is 51.5 Å². The molecule has 0 unspecified atom stereocenters. The molecular formula is C15H30O5Si. The first kappa shape index (κ1) is 20.3. The van der Waals surface area contributed by atoms with Gasteiger partial charge in [0.15, 0.2) is 0 Å². The van der Waals surface area contributed by atoms with E-state index in [0.717, 1.165) is 38.5 Å². The van der Waals surface area contributed by atoms with Crippen molar-refractivity contribution in [1.29, 1.82) is 0 Å². The van der Waals surface area contributed by atoms with E-state index in [1.54, 1.807) is 6.92 Å². The molecule has 0 radical (unpaired) electrons. The molecule has 0 spiro atoms. The van der Waals surface area contributed by atoms with Crippen molar-refractivity contribution in [3.8, 4) is 0 Å². The highest BCUT2D eigenvalue weighted by molar-refractivity contribution is 6.56. The van der Waals surface area contributed by atoms with E-state index in [1.807, 2.05) is 0 Å². The Kier molecular flexibility index (Phi) is 11.5. The largest absolute Gasteiger partial charge is 0.492 e. The van der Waals surface area contributed by atoms with Gasteiger partial charge in [-0.2, -0.15) is 0 Å². The fourth-order valence-corrected chi connectivity index (χ4v) is 2.71. The Morgan fingerprint density at radius 1 is 0.905 bits per heavy atom. The second-order valence-electron chi connectivity index (χ2n) is 5.62. The predicted molar refractivity (Wildman–Crippen MR) is 84.5 cm³/mol. The summed E-state index contributed by atoms with van der Waals surface area (Å²) in [6.45, 7) is 5.64. The average Bonchev–Trinajstić information content (AvgIpc) is 2.38. The molecule has 6 heteroatoms. The molecule has 5 nitrogen and oxygen atoms in total. The van der Waals surface area contributed by atoms with Crippen LogP contribution in [0.15, 0.2) is 12.2 Å². The summed E-state index contributed by atoms with van der Waals surface area (Å²) in [6.07, 6.45) is 9.29. The van der Waals surface area contributed by atoms with E-state index in [2.05, 4.69) is 6.58 Å². The molecule has 0 aromatic rings. The van der Waals surface area contributed by atoms with Gasteiger partial charge in [-0.05, 0) is 19.8 Å². The van der Waals surface area contributed by atoms with Gasteiger partial charge < -0.3 is 19.1 Å². The maximum Gasteiger partial charge on any atom is 0.492 e. The minimum atomic E-state index is -3.81. The van der Waals surface area contributed by atoms with Crippen molar-refractivity contribution in [3.63, 3.8) is 0 Å². The van der Waals surface area contributed by atoms with E-state index in [4.69, 9.17) is 19.1 Å². The van der Waals surface area contributed by atoms with Crippen molar-refractivity contribution >= 4 is 14.8 Å². The Morgan fingerprint density at radius 2 is 1.33 bits per heavy atom. The molecule has 3 N–H and O–H groups in total. The van der Waals surface area contributed by atoms with Crippen LogP contribution in [-0.2, 0) is 9.53 Å². The molecule has 0 fully saturated rings. The molecule has 21 heavy (non-hydrogen) atoms. The minimum absolute atomic E-state index is 0.149. The van der Waals surface area contributed by atoms with Gasteiger partial charge in [0.25, 0.3) is 0 Å². The fraction of sp³-hybridized carbons (Fsp3) is 0.800. The van der Waals surface area contributed by atoms with Crippen molar-refractivity contribution in [1.82, 2.24) is 0 Å². The standard InChI is InChI=1S/C15H30O5Si/c1-14(2)15(16)20-12-10-8-6-4-3-5-7-9-11-13-21(17,18)19/h17-19H,1,3-13H2,2H3. The number of rotatable bonds is 13. The maximum absolute atomic E-state index is 11.1. The van der Waals surface area contributed by atoms with Crippen molar-refractivity contribution in [2.75, 3.05) is 6.61 Å². The van der Waals surface area contributed by atoms with Crippen LogP contribution in [0.3, 0.4) is 0 Å². The van der Waals surface area contributed by atoms with Gasteiger partial charge >= 0.3 is 14.8 Å². The molecule has 0 aliphatic rings. The van der Waals surface area contributed by atoms with E-state index in [-0.39, 0.29) is 12.0 Å². The van der Waals surface area contributed by atoms with Crippen LogP contribution in [0.25, 0.3) is 0 Å². The second-order valence-corrected chi connectivity index (χ2v) is 7.67. The van der Waals surface area contributed by atoms with Crippen molar-refractivity contribution in [2.24, 2.45) is 0 Å². The molecule has 0 aromatic carbocycles. The molecule has 0 saturated carbocycles. The number of esters is 1. The Labute approximate surface area is 129 Å². The van der Waals surface area contributed by atoms with Crippen molar-refractivity contribution < 1.29 is 23.9 Å². The van der Waals surface area contributed by atoms with Crippen LogP contribution in [0.4, 0.5) is 0 Å². The first-order valence-corrected chi connectivity index (χ1v) is 9.87. The Hall–Kier alpha value is -0.693. The first-order valence-electron chi connectivity index (χ1n) is 7.82. The van der Waals surface area contributed by atoms with E-state index in [9.17, 15) is 4.79 Å². The van der Waals surface area contributed by atoms with E-state index < -0.39 is 8.80 Å². The van der Waals surface area contributed by atoms with E-state index >= 15 is 0 Å². The van der Waals surface area contributed by atoms with Crippen molar-refractivity contribution in [2.45, 2.75) is 70.8 Å². The summed E-state index contributed by atoms with van der Waals surface area (Å²) in [7, 11) is -3.81. The monoisotopic (exact) mass is 318 g/mol. The van der Waals surface area contributed by atoms with Gasteiger partial charge in [0, 0.05) is 11.6 Å². The zero-order valence-corrected chi connectivity index (χ0v) is 14.1. The summed E-state index contributed by atoms with van der Waals surface area (Å²) in [5.41, 5.74) is 0.443. The molecule has 0 aliphatic carbocycles. The highest BCUT2D eigenvalue weighted by Gasteiger charge is 2.25. The third-order valence-corrected chi connectivity index (χ3v) is 4.26. The van der Waals surface area contributed by atoms with Crippen LogP contribution in [0.2, 0.25) is 6.04 Å². The van der Waals surface area contributed by atoms with Crippen LogP contribution >= 0.6 is 0 Å². The molecule has 0 saturated heterocycles. The second kappa shape index (κ2) is 11.9. The summed E-state index contributed by atoms with van der Waals surface area (Å²) in [5.74, 6) is -0.310. The smallest absolute Gasteiger partial charge is 0.462 e. The molecule has 124 valence electrons. The highest BCUT2D eigenvalue weighted by atomic mass is 28.4. The lowest BCUT2D eigenvalue weighted by Crippen LogP contribution is -2.33. The lowest BCUT2D eigenvalue weighted by atomic mass is 10.1. The zero-order valence-electron chi connectivity index (χ0n) is 13.1. The summed E-state index contributed by atoms with van der Waals surface area (Å²) in [5, 5.41) is 0. The van der Waals surface area contributed by atoms with Gasteiger partial charge in [-0.25, -0.2) is 4.79 Å². The Balaban J connectivity index is 3.16. The highest BCUT2D eigenvalue weighted by Crippen LogP contribution is 2.12. The Morgan fingerprint density at radius 3 is 1.76 bits per heavy atom. The molecule has 0 heterocycles. The third-order valence-electron chi connectivity index (χ3n) is 3.24. The van der Waals surface area contributed by atoms with Crippen LogP contribution in [0, 0.1) is 0 Å². The number of carbonyl (C=O) groups is 1. The Bertz CT molecular complexity index is 299. The average molecular weight is 318 g/mol. The van der Waals surface area contributed by atoms with Crippen LogP contribution in [-0.4, -0.2) is 35.8 Å². The number of carbonyl (C=O) groups excluding carboxylic acids is 1. The molecule has 0 bridgehead atoms. The quantitative estimate of drug-likeness (QED) is 0.210. The van der Waals surface area contributed by atoms with Crippen molar-refractivity contribution in [3.05, 3.63) is 12.2 Å². The molecule has 0 atom stereocenters. The summed E-state index contributed by atoms with van der Waals surface area (Å²) < 4.78 is 5.01. The molecule has 0 aromatic heterocycles. The summed E-state index contributed by atoms with van der Waals surface area (Å²) in [6, 6.07) is 0.149. The van der Waals surface area contributed by atoms with Crippen LogP contribution in [0.1, 0.15) is 64.7 Å². The number of hydrogen-bond acceptors (Lipinski definition) is 5. The fourth-order valence-electron chi connectivity index (χ4n) is 1.99. The maximum atomic E-state index is 11.1. The summed E-state index contributed by atoms with van der Waals surface area (Å²) >= 11 is 0. The van der Waals surface area contributed by atoms with Crippen LogP contribution in [0.5, 0.6) is 0 Å². The molecule has 0 amide bonds. The van der Waals surface area contributed by atoms with Crippen LogP contribution < -0.4 is 0 Å². The molecular weight excluding hydrogens is 288 g/mol.